The summed E-state index contributed by atoms with van der Waals surface area (Å²) in [5.74, 6) is 0.911. The lowest BCUT2D eigenvalue weighted by Crippen LogP contribution is -2.51. The molecule has 116 valence electrons. The van der Waals surface area contributed by atoms with E-state index < -0.39 is 0 Å². The van der Waals surface area contributed by atoms with Crippen LogP contribution in [-0.4, -0.2) is 43.7 Å². The molecule has 0 saturated heterocycles. The third-order valence-corrected chi connectivity index (χ3v) is 4.31. The fourth-order valence-electron chi connectivity index (χ4n) is 3.10. The number of carbonyl (C=O) groups excluding carboxylic acids is 1. The van der Waals surface area contributed by atoms with Crippen LogP contribution in [0.2, 0.25) is 0 Å². The Balaban J connectivity index is 1.88. The molecule has 1 aromatic carbocycles. The predicted molar refractivity (Wildman–Crippen MR) is 85.5 cm³/mol. The lowest BCUT2D eigenvalue weighted by Gasteiger charge is -2.35. The van der Waals surface area contributed by atoms with E-state index in [1.54, 1.807) is 0 Å². The van der Waals surface area contributed by atoms with Crippen LogP contribution in [0.1, 0.15) is 32.6 Å². The Bertz CT molecular complexity index is 462. The molecule has 0 heterocycles. The highest BCUT2D eigenvalue weighted by Crippen LogP contribution is 2.26. The summed E-state index contributed by atoms with van der Waals surface area (Å²) in [7, 11) is 4.32. The summed E-state index contributed by atoms with van der Waals surface area (Å²) in [5, 5.41) is 2.98. The van der Waals surface area contributed by atoms with Crippen molar-refractivity contribution in [2.24, 2.45) is 0 Å². The van der Waals surface area contributed by atoms with Gasteiger partial charge in [0.25, 0.3) is 5.91 Å². The Morgan fingerprint density at radius 3 is 2.43 bits per heavy atom. The van der Waals surface area contributed by atoms with Gasteiger partial charge < -0.3 is 14.5 Å². The summed E-state index contributed by atoms with van der Waals surface area (Å²) >= 11 is 0. The van der Waals surface area contributed by atoms with Gasteiger partial charge in [-0.2, -0.15) is 0 Å². The number of ether oxygens (including phenoxy) is 1. The van der Waals surface area contributed by atoms with Gasteiger partial charge in [0.15, 0.2) is 6.54 Å². The SMILES string of the molecule is CCOc1ccc(NC(=O)C[N+](C)(C)C2CCCC2)cc1. The largest absolute Gasteiger partial charge is 0.494 e. The zero-order valence-corrected chi connectivity index (χ0v) is 13.4. The molecule has 0 spiro atoms. The molecule has 1 saturated carbocycles. The highest BCUT2D eigenvalue weighted by atomic mass is 16.5. The van der Waals surface area contributed by atoms with Crippen LogP contribution in [0.5, 0.6) is 5.75 Å². The molecular formula is C17H27N2O2+. The van der Waals surface area contributed by atoms with E-state index in [2.05, 4.69) is 19.4 Å². The standard InChI is InChI=1S/C17H26N2O2/c1-4-21-16-11-9-14(10-12-16)18-17(20)13-19(2,3)15-7-5-6-8-15/h9-12,15H,4-8,13H2,1-3H3/p+1. The Morgan fingerprint density at radius 2 is 1.86 bits per heavy atom. The lowest BCUT2D eigenvalue weighted by molar-refractivity contribution is -0.906. The summed E-state index contributed by atoms with van der Waals surface area (Å²) in [4.78, 5) is 12.2. The molecule has 0 radical (unpaired) electrons. The molecule has 1 aliphatic rings. The minimum absolute atomic E-state index is 0.0797. The number of carbonyl (C=O) groups is 1. The van der Waals surface area contributed by atoms with Crippen LogP contribution in [0.15, 0.2) is 24.3 Å². The first-order valence-electron chi connectivity index (χ1n) is 7.86. The first kappa shape index (κ1) is 15.8. The summed E-state index contributed by atoms with van der Waals surface area (Å²) in [5.41, 5.74) is 0.829. The molecule has 21 heavy (non-hydrogen) atoms. The third-order valence-electron chi connectivity index (χ3n) is 4.31. The summed E-state index contributed by atoms with van der Waals surface area (Å²) < 4.78 is 6.18. The first-order valence-corrected chi connectivity index (χ1v) is 7.86. The number of anilines is 1. The van der Waals surface area contributed by atoms with Crippen LogP contribution >= 0.6 is 0 Å². The second-order valence-electron chi connectivity index (χ2n) is 6.38. The predicted octanol–water partition coefficient (Wildman–Crippen LogP) is 3.04. The molecule has 1 N–H and O–H groups in total. The topological polar surface area (TPSA) is 38.3 Å². The minimum atomic E-state index is 0.0797. The minimum Gasteiger partial charge on any atom is -0.494 e. The van der Waals surface area contributed by atoms with Gasteiger partial charge in [0.05, 0.1) is 26.7 Å². The second kappa shape index (κ2) is 6.94. The summed E-state index contributed by atoms with van der Waals surface area (Å²) in [6.45, 7) is 3.13. The van der Waals surface area contributed by atoms with E-state index in [1.165, 1.54) is 25.7 Å². The maximum absolute atomic E-state index is 12.2. The van der Waals surface area contributed by atoms with Gasteiger partial charge in [0.2, 0.25) is 0 Å². The average molecular weight is 291 g/mol. The van der Waals surface area contributed by atoms with Gasteiger partial charge in [-0.3, -0.25) is 4.79 Å². The Kier molecular flexibility index (Phi) is 5.23. The fourth-order valence-corrected chi connectivity index (χ4v) is 3.10. The van der Waals surface area contributed by atoms with Crippen molar-refractivity contribution in [2.45, 2.75) is 38.6 Å². The van der Waals surface area contributed by atoms with Crippen molar-refractivity contribution in [2.75, 3.05) is 32.6 Å². The summed E-state index contributed by atoms with van der Waals surface area (Å²) in [6.07, 6.45) is 5.08. The molecule has 0 aromatic heterocycles. The van der Waals surface area contributed by atoms with Crippen molar-refractivity contribution in [3.05, 3.63) is 24.3 Å². The van der Waals surface area contributed by atoms with Gasteiger partial charge in [0.1, 0.15) is 5.75 Å². The van der Waals surface area contributed by atoms with Gasteiger partial charge in [-0.15, -0.1) is 0 Å². The lowest BCUT2D eigenvalue weighted by atomic mass is 10.2. The maximum Gasteiger partial charge on any atom is 0.279 e. The van der Waals surface area contributed by atoms with E-state index in [9.17, 15) is 4.79 Å². The first-order chi connectivity index (χ1) is 10.0. The van der Waals surface area contributed by atoms with E-state index >= 15 is 0 Å². The average Bonchev–Trinajstić information content (AvgIpc) is 2.95. The monoisotopic (exact) mass is 291 g/mol. The molecule has 0 atom stereocenters. The number of quaternary nitrogens is 1. The normalized spacial score (nSPS) is 16.0. The van der Waals surface area contributed by atoms with Crippen molar-refractivity contribution < 1.29 is 14.0 Å². The van der Waals surface area contributed by atoms with Gasteiger partial charge >= 0.3 is 0 Å². The van der Waals surface area contributed by atoms with Gasteiger partial charge in [-0.25, -0.2) is 0 Å². The number of rotatable bonds is 6. The van der Waals surface area contributed by atoms with Crippen LogP contribution in [-0.2, 0) is 4.79 Å². The maximum atomic E-state index is 12.2. The number of benzene rings is 1. The molecule has 0 aliphatic heterocycles. The van der Waals surface area contributed by atoms with E-state index in [-0.39, 0.29) is 5.91 Å². The third kappa shape index (κ3) is 4.46. The van der Waals surface area contributed by atoms with Gasteiger partial charge in [-0.1, -0.05) is 0 Å². The number of nitrogens with one attached hydrogen (secondary N) is 1. The Morgan fingerprint density at radius 1 is 1.24 bits per heavy atom. The molecule has 0 unspecified atom stereocenters. The van der Waals surface area contributed by atoms with Crippen LogP contribution in [0, 0.1) is 0 Å². The van der Waals surface area contributed by atoms with Crippen molar-refractivity contribution in [1.82, 2.24) is 0 Å². The number of likely N-dealkylation sites (N-methyl/N-ethyl adjacent to an activating group) is 1. The van der Waals surface area contributed by atoms with Gasteiger partial charge in [0, 0.05) is 5.69 Å². The zero-order chi connectivity index (χ0) is 15.3. The molecule has 2 rings (SSSR count). The highest BCUT2D eigenvalue weighted by molar-refractivity contribution is 5.91. The Hall–Kier alpha value is -1.55. The van der Waals surface area contributed by atoms with E-state index in [0.717, 1.165) is 15.9 Å². The van der Waals surface area contributed by atoms with Crippen LogP contribution in [0.4, 0.5) is 5.69 Å². The molecule has 4 nitrogen and oxygen atoms in total. The van der Waals surface area contributed by atoms with E-state index in [4.69, 9.17) is 4.74 Å². The van der Waals surface area contributed by atoms with Gasteiger partial charge in [-0.05, 0) is 56.9 Å². The zero-order valence-electron chi connectivity index (χ0n) is 13.4. The Labute approximate surface area is 127 Å². The molecule has 1 aromatic rings. The van der Waals surface area contributed by atoms with Crippen molar-refractivity contribution >= 4 is 11.6 Å². The number of hydrogen-bond donors (Lipinski definition) is 1. The summed E-state index contributed by atoms with van der Waals surface area (Å²) in [6, 6.07) is 8.17. The van der Waals surface area contributed by atoms with Crippen molar-refractivity contribution in [3.63, 3.8) is 0 Å². The van der Waals surface area contributed by atoms with Crippen molar-refractivity contribution in [1.29, 1.82) is 0 Å². The van der Waals surface area contributed by atoms with Crippen LogP contribution in [0.3, 0.4) is 0 Å². The number of nitrogens with zero attached hydrogens (tertiary/aromatic N) is 1. The smallest absolute Gasteiger partial charge is 0.279 e. The van der Waals surface area contributed by atoms with E-state index in [1.807, 2.05) is 31.2 Å². The van der Waals surface area contributed by atoms with Crippen molar-refractivity contribution in [3.8, 4) is 5.75 Å². The van der Waals surface area contributed by atoms with Crippen LogP contribution in [0.25, 0.3) is 0 Å². The molecular weight excluding hydrogens is 264 g/mol. The highest BCUT2D eigenvalue weighted by Gasteiger charge is 2.32. The molecule has 1 aliphatic carbocycles. The second-order valence-corrected chi connectivity index (χ2v) is 6.38. The van der Waals surface area contributed by atoms with E-state index in [0.29, 0.717) is 19.2 Å². The number of amides is 1. The molecule has 1 amide bonds. The molecule has 4 heteroatoms. The fraction of sp³-hybridized carbons (Fsp3) is 0.588. The molecule has 0 bridgehead atoms. The quantitative estimate of drug-likeness (QED) is 0.818. The van der Waals surface area contributed by atoms with Crippen LogP contribution < -0.4 is 10.1 Å². The molecule has 1 fully saturated rings. The number of hydrogen-bond acceptors (Lipinski definition) is 2.